The summed E-state index contributed by atoms with van der Waals surface area (Å²) in [6, 6.07) is 7.83. The highest BCUT2D eigenvalue weighted by Crippen LogP contribution is 2.11. The van der Waals surface area contributed by atoms with Gasteiger partial charge in [-0.3, -0.25) is 0 Å². The average Bonchev–Trinajstić information content (AvgIpc) is 2.77. The molecule has 0 saturated heterocycles. The van der Waals surface area contributed by atoms with Crippen molar-refractivity contribution in [1.29, 1.82) is 0 Å². The molecule has 0 amide bonds. The van der Waals surface area contributed by atoms with Crippen molar-refractivity contribution in [1.82, 2.24) is 9.55 Å². The van der Waals surface area contributed by atoms with Gasteiger partial charge in [-0.05, 0) is 24.1 Å². The van der Waals surface area contributed by atoms with Crippen LogP contribution in [0.4, 0.5) is 5.95 Å². The van der Waals surface area contributed by atoms with Gasteiger partial charge in [0.15, 0.2) is 0 Å². The lowest BCUT2D eigenvalue weighted by Crippen LogP contribution is -2.07. The lowest BCUT2D eigenvalue weighted by atomic mass is 10.2. The first-order chi connectivity index (χ1) is 8.29. The SMILES string of the molecule is CCCn1ccnc1NCc1ccc(Cl)cc1. The summed E-state index contributed by atoms with van der Waals surface area (Å²) in [5.74, 6) is 0.918. The van der Waals surface area contributed by atoms with E-state index in [0.29, 0.717) is 0 Å². The molecule has 4 heteroatoms. The molecule has 2 aromatic rings. The number of rotatable bonds is 5. The molecule has 0 radical (unpaired) electrons. The van der Waals surface area contributed by atoms with Gasteiger partial charge in [-0.1, -0.05) is 30.7 Å². The maximum atomic E-state index is 5.84. The van der Waals surface area contributed by atoms with Gasteiger partial charge >= 0.3 is 0 Å². The lowest BCUT2D eigenvalue weighted by molar-refractivity contribution is 0.682. The monoisotopic (exact) mass is 249 g/mol. The van der Waals surface area contributed by atoms with Gasteiger partial charge in [-0.25, -0.2) is 4.98 Å². The fourth-order valence-corrected chi connectivity index (χ4v) is 1.81. The van der Waals surface area contributed by atoms with E-state index in [1.165, 1.54) is 5.56 Å². The van der Waals surface area contributed by atoms with Crippen LogP contribution < -0.4 is 5.32 Å². The van der Waals surface area contributed by atoms with Crippen molar-refractivity contribution < 1.29 is 0 Å². The Morgan fingerprint density at radius 1 is 1.29 bits per heavy atom. The number of nitrogens with one attached hydrogen (secondary N) is 1. The Labute approximate surface area is 106 Å². The van der Waals surface area contributed by atoms with E-state index in [1.54, 1.807) is 0 Å². The van der Waals surface area contributed by atoms with Crippen LogP contribution in [0, 0.1) is 0 Å². The molecule has 2 rings (SSSR count). The summed E-state index contributed by atoms with van der Waals surface area (Å²) in [4.78, 5) is 4.29. The third kappa shape index (κ3) is 3.24. The Morgan fingerprint density at radius 3 is 2.76 bits per heavy atom. The molecule has 3 nitrogen and oxygen atoms in total. The molecule has 1 aromatic carbocycles. The zero-order valence-electron chi connectivity index (χ0n) is 9.86. The minimum atomic E-state index is 0.762. The van der Waals surface area contributed by atoms with Gasteiger partial charge in [-0.2, -0.15) is 0 Å². The predicted octanol–water partition coefficient (Wildman–Crippen LogP) is 3.56. The van der Waals surface area contributed by atoms with E-state index in [0.717, 1.165) is 30.5 Å². The van der Waals surface area contributed by atoms with Crippen molar-refractivity contribution in [3.05, 3.63) is 47.2 Å². The molecule has 0 spiro atoms. The fourth-order valence-electron chi connectivity index (χ4n) is 1.68. The normalized spacial score (nSPS) is 10.5. The summed E-state index contributed by atoms with van der Waals surface area (Å²) in [5.41, 5.74) is 1.19. The van der Waals surface area contributed by atoms with E-state index in [4.69, 9.17) is 11.6 Å². The molecule has 0 unspecified atom stereocenters. The van der Waals surface area contributed by atoms with E-state index in [2.05, 4.69) is 21.8 Å². The van der Waals surface area contributed by atoms with Crippen LogP contribution >= 0.6 is 11.6 Å². The lowest BCUT2D eigenvalue weighted by Gasteiger charge is -2.08. The molecule has 90 valence electrons. The number of anilines is 1. The first-order valence-corrected chi connectivity index (χ1v) is 6.17. The molecule has 0 aliphatic carbocycles. The fraction of sp³-hybridized carbons (Fsp3) is 0.308. The van der Waals surface area contributed by atoms with E-state index < -0.39 is 0 Å². The van der Waals surface area contributed by atoms with Crippen LogP contribution in [0.3, 0.4) is 0 Å². The molecule has 17 heavy (non-hydrogen) atoms. The number of nitrogens with zero attached hydrogens (tertiary/aromatic N) is 2. The van der Waals surface area contributed by atoms with Crippen LogP contribution in [0.15, 0.2) is 36.7 Å². The molecule has 0 fully saturated rings. The largest absolute Gasteiger partial charge is 0.352 e. The Hall–Kier alpha value is -1.48. The van der Waals surface area contributed by atoms with Crippen molar-refractivity contribution in [3.63, 3.8) is 0 Å². The molecule has 0 aliphatic rings. The third-order valence-corrected chi connectivity index (χ3v) is 2.80. The van der Waals surface area contributed by atoms with Gasteiger partial charge in [0.2, 0.25) is 5.95 Å². The van der Waals surface area contributed by atoms with E-state index in [9.17, 15) is 0 Å². The number of hydrogen-bond donors (Lipinski definition) is 1. The summed E-state index contributed by atoms with van der Waals surface area (Å²) in [5, 5.41) is 4.09. The number of imidazole rings is 1. The van der Waals surface area contributed by atoms with Gasteiger partial charge in [0.25, 0.3) is 0 Å². The smallest absolute Gasteiger partial charge is 0.203 e. The second-order valence-corrected chi connectivity index (χ2v) is 4.36. The van der Waals surface area contributed by atoms with Crippen molar-refractivity contribution in [2.24, 2.45) is 0 Å². The Kier molecular flexibility index (Phi) is 4.04. The molecule has 0 bridgehead atoms. The molecule has 0 saturated carbocycles. The van der Waals surface area contributed by atoms with E-state index in [-0.39, 0.29) is 0 Å². The highest BCUT2D eigenvalue weighted by molar-refractivity contribution is 6.30. The Balaban J connectivity index is 1.97. The minimum absolute atomic E-state index is 0.762. The van der Waals surface area contributed by atoms with Crippen LogP contribution in [-0.4, -0.2) is 9.55 Å². The van der Waals surface area contributed by atoms with Crippen LogP contribution in [0.5, 0.6) is 0 Å². The molecule has 0 atom stereocenters. The quantitative estimate of drug-likeness (QED) is 0.878. The number of halogens is 1. The minimum Gasteiger partial charge on any atom is -0.352 e. The summed E-state index contributed by atoms with van der Waals surface area (Å²) in [7, 11) is 0. The van der Waals surface area contributed by atoms with Crippen LogP contribution in [0.2, 0.25) is 5.02 Å². The second kappa shape index (κ2) is 5.73. The Morgan fingerprint density at radius 2 is 2.06 bits per heavy atom. The molecule has 1 aromatic heterocycles. The highest BCUT2D eigenvalue weighted by atomic mass is 35.5. The first-order valence-electron chi connectivity index (χ1n) is 5.79. The zero-order chi connectivity index (χ0) is 12.1. The van der Waals surface area contributed by atoms with Gasteiger partial charge in [0.1, 0.15) is 0 Å². The average molecular weight is 250 g/mol. The number of hydrogen-bond acceptors (Lipinski definition) is 2. The summed E-state index contributed by atoms with van der Waals surface area (Å²) >= 11 is 5.84. The topological polar surface area (TPSA) is 29.9 Å². The van der Waals surface area contributed by atoms with Crippen molar-refractivity contribution >= 4 is 17.5 Å². The molecule has 0 aliphatic heterocycles. The van der Waals surface area contributed by atoms with Crippen molar-refractivity contribution in [2.75, 3.05) is 5.32 Å². The molecular weight excluding hydrogens is 234 g/mol. The van der Waals surface area contributed by atoms with E-state index >= 15 is 0 Å². The first kappa shape index (κ1) is 12.0. The van der Waals surface area contributed by atoms with Crippen molar-refractivity contribution in [3.8, 4) is 0 Å². The van der Waals surface area contributed by atoms with Gasteiger partial charge in [0, 0.05) is 30.5 Å². The van der Waals surface area contributed by atoms with Gasteiger partial charge < -0.3 is 9.88 Å². The number of aryl methyl sites for hydroxylation is 1. The van der Waals surface area contributed by atoms with Crippen molar-refractivity contribution in [2.45, 2.75) is 26.4 Å². The van der Waals surface area contributed by atoms with E-state index in [1.807, 2.05) is 36.7 Å². The molecule has 1 N–H and O–H groups in total. The maximum Gasteiger partial charge on any atom is 0.203 e. The second-order valence-electron chi connectivity index (χ2n) is 3.92. The maximum absolute atomic E-state index is 5.84. The Bertz CT molecular complexity index is 462. The van der Waals surface area contributed by atoms with Gasteiger partial charge in [-0.15, -0.1) is 0 Å². The number of benzene rings is 1. The molecule has 1 heterocycles. The summed E-state index contributed by atoms with van der Waals surface area (Å²) in [6.45, 7) is 3.91. The number of aromatic nitrogens is 2. The molecular formula is C13H16ClN3. The summed E-state index contributed by atoms with van der Waals surface area (Å²) in [6.07, 6.45) is 4.92. The third-order valence-electron chi connectivity index (χ3n) is 2.54. The van der Waals surface area contributed by atoms with Crippen LogP contribution in [0.25, 0.3) is 0 Å². The summed E-state index contributed by atoms with van der Waals surface area (Å²) < 4.78 is 2.12. The zero-order valence-corrected chi connectivity index (χ0v) is 10.6. The highest BCUT2D eigenvalue weighted by Gasteiger charge is 2.01. The predicted molar refractivity (Wildman–Crippen MR) is 71.3 cm³/mol. The van der Waals surface area contributed by atoms with Crippen LogP contribution in [-0.2, 0) is 13.1 Å². The van der Waals surface area contributed by atoms with Crippen LogP contribution in [0.1, 0.15) is 18.9 Å². The van der Waals surface area contributed by atoms with Gasteiger partial charge in [0.05, 0.1) is 0 Å². The standard InChI is InChI=1S/C13H16ClN3/c1-2-8-17-9-7-15-13(17)16-10-11-3-5-12(14)6-4-11/h3-7,9H,2,8,10H2,1H3,(H,15,16).